The molecule has 0 spiro atoms. The zero-order chi connectivity index (χ0) is 13.8. The summed E-state index contributed by atoms with van der Waals surface area (Å²) in [5.41, 5.74) is -0.570. The molecule has 1 rings (SSSR count). The third-order valence-corrected chi connectivity index (χ3v) is 2.44. The van der Waals surface area contributed by atoms with E-state index in [9.17, 15) is 9.59 Å². The molecule has 0 atom stereocenters. The van der Waals surface area contributed by atoms with Crippen LogP contribution in [0.5, 0.6) is 0 Å². The van der Waals surface area contributed by atoms with Gasteiger partial charge >= 0.3 is 11.9 Å². The number of carbonyl (C=O) groups is 2. The van der Waals surface area contributed by atoms with Gasteiger partial charge in [0.15, 0.2) is 0 Å². The van der Waals surface area contributed by atoms with Gasteiger partial charge in [0.2, 0.25) is 0 Å². The van der Waals surface area contributed by atoms with E-state index in [0.717, 1.165) is 0 Å². The minimum absolute atomic E-state index is 0.0540. The Morgan fingerprint density at radius 2 is 1.72 bits per heavy atom. The molecule has 1 saturated heterocycles. The van der Waals surface area contributed by atoms with Gasteiger partial charge in [-0.3, -0.25) is 9.59 Å². The maximum Gasteiger partial charge on any atom is 0.306 e. The predicted octanol–water partition coefficient (Wildman–Crippen LogP) is 1.69. The summed E-state index contributed by atoms with van der Waals surface area (Å²) in [6, 6.07) is 0. The first kappa shape index (κ1) is 15.0. The summed E-state index contributed by atoms with van der Waals surface area (Å²) in [5.74, 6) is -0.744. The molecule has 0 saturated carbocycles. The second-order valence-electron chi connectivity index (χ2n) is 6.05. The number of hydrogen-bond donors (Lipinski definition) is 0. The summed E-state index contributed by atoms with van der Waals surface area (Å²) in [7, 11) is 0. The fourth-order valence-electron chi connectivity index (χ4n) is 1.46. The van der Waals surface area contributed by atoms with E-state index in [-0.39, 0.29) is 30.2 Å². The molecule has 1 heterocycles. The lowest BCUT2D eigenvalue weighted by molar-refractivity contribution is -0.168. The first-order valence-electron chi connectivity index (χ1n) is 6.15. The zero-order valence-electron chi connectivity index (χ0n) is 11.6. The Bertz CT molecular complexity index is 312. The van der Waals surface area contributed by atoms with Crippen LogP contribution in [-0.4, -0.2) is 37.4 Å². The van der Waals surface area contributed by atoms with Gasteiger partial charge in [0.1, 0.15) is 12.2 Å². The van der Waals surface area contributed by atoms with Crippen molar-refractivity contribution >= 4 is 11.9 Å². The first-order valence-corrected chi connectivity index (χ1v) is 6.15. The van der Waals surface area contributed by atoms with Crippen molar-refractivity contribution in [3.8, 4) is 0 Å². The molecule has 0 aromatic rings. The minimum Gasteiger partial charge on any atom is -0.465 e. The topological polar surface area (TPSA) is 61.8 Å². The number of hydrogen-bond acceptors (Lipinski definition) is 5. The van der Waals surface area contributed by atoms with Crippen molar-refractivity contribution < 1.29 is 23.8 Å². The molecule has 5 heteroatoms. The van der Waals surface area contributed by atoms with E-state index < -0.39 is 5.60 Å². The molecule has 18 heavy (non-hydrogen) atoms. The van der Waals surface area contributed by atoms with Gasteiger partial charge in [0, 0.05) is 5.41 Å². The Morgan fingerprint density at radius 1 is 1.17 bits per heavy atom. The van der Waals surface area contributed by atoms with E-state index in [1.807, 2.05) is 6.92 Å². The normalized spacial score (nSPS) is 17.8. The Kier molecular flexibility index (Phi) is 4.73. The average molecular weight is 258 g/mol. The second kappa shape index (κ2) is 5.69. The van der Waals surface area contributed by atoms with Crippen LogP contribution in [0.25, 0.3) is 0 Å². The summed E-state index contributed by atoms with van der Waals surface area (Å²) in [6.07, 6.45) is 0.120. The van der Waals surface area contributed by atoms with Crippen molar-refractivity contribution in [2.75, 3.05) is 19.8 Å². The van der Waals surface area contributed by atoms with Crippen molar-refractivity contribution in [1.29, 1.82) is 0 Å². The highest BCUT2D eigenvalue weighted by Crippen LogP contribution is 2.26. The van der Waals surface area contributed by atoms with Crippen LogP contribution >= 0.6 is 0 Å². The van der Waals surface area contributed by atoms with Gasteiger partial charge in [-0.05, 0) is 20.8 Å². The molecule has 0 radical (unpaired) electrons. The average Bonchev–Trinajstić information content (AvgIpc) is 2.18. The quantitative estimate of drug-likeness (QED) is 0.702. The molecule has 1 aliphatic rings. The van der Waals surface area contributed by atoms with E-state index >= 15 is 0 Å². The maximum atomic E-state index is 11.4. The van der Waals surface area contributed by atoms with Gasteiger partial charge in [-0.2, -0.15) is 0 Å². The summed E-state index contributed by atoms with van der Waals surface area (Å²) >= 11 is 0. The molecular formula is C13H22O5. The molecule has 0 unspecified atom stereocenters. The molecule has 0 aromatic heterocycles. The van der Waals surface area contributed by atoms with Crippen molar-refractivity contribution in [2.45, 2.75) is 46.1 Å². The number of carbonyl (C=O) groups excluding carboxylic acids is 2. The minimum atomic E-state index is -0.516. The predicted molar refractivity (Wildman–Crippen MR) is 65.0 cm³/mol. The van der Waals surface area contributed by atoms with Crippen LogP contribution in [0.15, 0.2) is 0 Å². The Morgan fingerprint density at radius 3 is 2.17 bits per heavy atom. The molecule has 0 N–H and O–H groups in total. The Labute approximate surface area is 108 Å². The molecule has 5 nitrogen and oxygen atoms in total. The van der Waals surface area contributed by atoms with Gasteiger partial charge in [-0.1, -0.05) is 6.92 Å². The van der Waals surface area contributed by atoms with Gasteiger partial charge in [0.25, 0.3) is 0 Å². The smallest absolute Gasteiger partial charge is 0.306 e. The van der Waals surface area contributed by atoms with Crippen LogP contribution in [0.3, 0.4) is 0 Å². The lowest BCUT2D eigenvalue weighted by atomic mass is 9.90. The molecule has 0 amide bonds. The Hall–Kier alpha value is -1.10. The molecule has 1 aliphatic heterocycles. The highest BCUT2D eigenvalue weighted by Gasteiger charge is 2.34. The van der Waals surface area contributed by atoms with Crippen molar-refractivity contribution in [3.63, 3.8) is 0 Å². The van der Waals surface area contributed by atoms with Gasteiger partial charge in [-0.15, -0.1) is 0 Å². The first-order chi connectivity index (χ1) is 8.20. The monoisotopic (exact) mass is 258 g/mol. The lowest BCUT2D eigenvalue weighted by Gasteiger charge is -2.37. The highest BCUT2D eigenvalue weighted by atomic mass is 16.6. The van der Waals surface area contributed by atoms with Gasteiger partial charge in [-0.25, -0.2) is 0 Å². The third-order valence-electron chi connectivity index (χ3n) is 2.44. The van der Waals surface area contributed by atoms with E-state index in [0.29, 0.717) is 19.8 Å². The lowest BCUT2D eigenvalue weighted by Crippen LogP contribution is -2.44. The number of rotatable bonds is 5. The van der Waals surface area contributed by atoms with Crippen LogP contribution in [0.1, 0.15) is 40.5 Å². The summed E-state index contributed by atoms with van der Waals surface area (Å²) < 4.78 is 15.3. The standard InChI is InChI=1S/C13H22O5/c1-12(2,3)18-11(15)6-5-10(14)17-9-13(4)7-16-8-13/h5-9H2,1-4H3. The number of ether oxygens (including phenoxy) is 3. The second-order valence-corrected chi connectivity index (χ2v) is 6.05. The molecule has 1 fully saturated rings. The Balaban J connectivity index is 2.15. The van der Waals surface area contributed by atoms with Crippen molar-refractivity contribution in [3.05, 3.63) is 0 Å². The van der Waals surface area contributed by atoms with Crippen LogP contribution < -0.4 is 0 Å². The van der Waals surface area contributed by atoms with E-state index in [4.69, 9.17) is 14.2 Å². The summed E-state index contributed by atoms with van der Waals surface area (Å²) in [5, 5.41) is 0. The van der Waals surface area contributed by atoms with Crippen LogP contribution in [0.2, 0.25) is 0 Å². The fraction of sp³-hybridized carbons (Fsp3) is 0.846. The van der Waals surface area contributed by atoms with Crippen LogP contribution in [0.4, 0.5) is 0 Å². The van der Waals surface area contributed by atoms with E-state index in [2.05, 4.69) is 0 Å². The summed E-state index contributed by atoms with van der Waals surface area (Å²) in [6.45, 7) is 8.96. The maximum absolute atomic E-state index is 11.4. The number of esters is 2. The molecule has 0 aromatic carbocycles. The molecular weight excluding hydrogens is 236 g/mol. The third kappa shape index (κ3) is 5.49. The molecule has 0 aliphatic carbocycles. The van der Waals surface area contributed by atoms with E-state index in [1.54, 1.807) is 20.8 Å². The molecule has 0 bridgehead atoms. The largest absolute Gasteiger partial charge is 0.465 e. The SMILES string of the molecule is CC1(COC(=O)CCC(=O)OC(C)(C)C)COC1. The zero-order valence-corrected chi connectivity index (χ0v) is 11.6. The fourth-order valence-corrected chi connectivity index (χ4v) is 1.46. The van der Waals surface area contributed by atoms with Crippen molar-refractivity contribution in [2.24, 2.45) is 5.41 Å². The van der Waals surface area contributed by atoms with Crippen LogP contribution in [-0.2, 0) is 23.8 Å². The van der Waals surface area contributed by atoms with E-state index in [1.165, 1.54) is 0 Å². The van der Waals surface area contributed by atoms with Gasteiger partial charge in [0.05, 0.1) is 26.1 Å². The van der Waals surface area contributed by atoms with Gasteiger partial charge < -0.3 is 14.2 Å². The molecule has 104 valence electrons. The summed E-state index contributed by atoms with van der Waals surface area (Å²) in [4.78, 5) is 22.8. The highest BCUT2D eigenvalue weighted by molar-refractivity contribution is 5.77. The van der Waals surface area contributed by atoms with Crippen LogP contribution in [0, 0.1) is 5.41 Å². The van der Waals surface area contributed by atoms with Crippen molar-refractivity contribution in [1.82, 2.24) is 0 Å².